The number of hydrogen-bond acceptors (Lipinski definition) is 7. The number of ether oxygens (including phenoxy) is 2. The highest BCUT2D eigenvalue weighted by atomic mass is 32.1. The number of anilines is 2. The Kier molecular flexibility index (Phi) is 6.25. The Balaban J connectivity index is 1.49. The average molecular weight is 403 g/mol. The van der Waals surface area contributed by atoms with Crippen molar-refractivity contribution in [3.05, 3.63) is 34.8 Å². The molecule has 2 amide bonds. The minimum atomic E-state index is -0.559. The Morgan fingerprint density at radius 1 is 1.36 bits per heavy atom. The third-order valence-electron chi connectivity index (χ3n) is 4.16. The summed E-state index contributed by atoms with van der Waals surface area (Å²) in [4.78, 5) is 41.8. The van der Waals surface area contributed by atoms with Crippen LogP contribution < -0.4 is 15.0 Å². The standard InChI is InChI=1S/C19H21N3O5S/c1-12-5-6-15(26-2)14(8-12)21-16(23)10-27-18(25)9-13-11-28-19(20-13)22-7-3-4-17(22)24/h5-6,8,11H,3-4,7,9-10H2,1-2H3,(H,21,23). The largest absolute Gasteiger partial charge is 0.495 e. The van der Waals surface area contributed by atoms with Gasteiger partial charge in [-0.05, 0) is 31.0 Å². The summed E-state index contributed by atoms with van der Waals surface area (Å²) >= 11 is 1.32. The van der Waals surface area contributed by atoms with Gasteiger partial charge in [0.1, 0.15) is 5.75 Å². The van der Waals surface area contributed by atoms with E-state index in [0.29, 0.717) is 35.2 Å². The molecule has 1 aromatic carbocycles. The van der Waals surface area contributed by atoms with Crippen LogP contribution in [-0.4, -0.2) is 43.0 Å². The van der Waals surface area contributed by atoms with Crippen LogP contribution in [0.4, 0.5) is 10.8 Å². The van der Waals surface area contributed by atoms with Gasteiger partial charge in [-0.25, -0.2) is 4.98 Å². The molecule has 9 heteroatoms. The van der Waals surface area contributed by atoms with Crippen LogP contribution in [0, 0.1) is 6.92 Å². The zero-order valence-corrected chi connectivity index (χ0v) is 16.5. The molecule has 1 N–H and O–H groups in total. The molecule has 2 heterocycles. The first-order valence-corrected chi connectivity index (χ1v) is 9.69. The first kappa shape index (κ1) is 19.8. The predicted molar refractivity (Wildman–Crippen MR) is 105 cm³/mol. The third kappa shape index (κ3) is 4.86. The fourth-order valence-electron chi connectivity index (χ4n) is 2.80. The molecular formula is C19H21N3O5S. The normalized spacial score (nSPS) is 13.5. The molecule has 8 nitrogen and oxygen atoms in total. The monoisotopic (exact) mass is 403 g/mol. The average Bonchev–Trinajstić information content (AvgIpc) is 3.29. The number of hydrogen-bond donors (Lipinski definition) is 1. The zero-order valence-electron chi connectivity index (χ0n) is 15.7. The van der Waals surface area contributed by atoms with Crippen molar-refractivity contribution in [1.29, 1.82) is 0 Å². The van der Waals surface area contributed by atoms with Gasteiger partial charge >= 0.3 is 5.97 Å². The van der Waals surface area contributed by atoms with Crippen LogP contribution in [0.1, 0.15) is 24.1 Å². The molecule has 0 unspecified atom stereocenters. The Morgan fingerprint density at radius 2 is 2.18 bits per heavy atom. The lowest BCUT2D eigenvalue weighted by Gasteiger charge is -2.11. The van der Waals surface area contributed by atoms with E-state index < -0.39 is 18.5 Å². The van der Waals surface area contributed by atoms with E-state index in [9.17, 15) is 14.4 Å². The number of esters is 1. The van der Waals surface area contributed by atoms with Crippen molar-refractivity contribution in [1.82, 2.24) is 4.98 Å². The molecule has 148 valence electrons. The highest BCUT2D eigenvalue weighted by molar-refractivity contribution is 7.14. The number of thiazole rings is 1. The number of nitrogens with zero attached hydrogens (tertiary/aromatic N) is 2. The van der Waals surface area contributed by atoms with E-state index >= 15 is 0 Å². The van der Waals surface area contributed by atoms with Crippen molar-refractivity contribution in [3.8, 4) is 5.75 Å². The Hall–Kier alpha value is -2.94. The Morgan fingerprint density at radius 3 is 2.89 bits per heavy atom. The molecule has 3 rings (SSSR count). The fraction of sp³-hybridized carbons (Fsp3) is 0.368. The van der Waals surface area contributed by atoms with Gasteiger partial charge in [0.25, 0.3) is 5.91 Å². The predicted octanol–water partition coefficient (Wildman–Crippen LogP) is 2.31. The second-order valence-corrected chi connectivity index (χ2v) is 7.20. The number of carbonyl (C=O) groups excluding carboxylic acids is 3. The maximum Gasteiger partial charge on any atom is 0.312 e. The quantitative estimate of drug-likeness (QED) is 0.713. The number of rotatable bonds is 7. The molecule has 0 spiro atoms. The molecule has 0 radical (unpaired) electrons. The van der Waals surface area contributed by atoms with Crippen LogP contribution in [0.2, 0.25) is 0 Å². The summed E-state index contributed by atoms with van der Waals surface area (Å²) in [6.07, 6.45) is 1.29. The highest BCUT2D eigenvalue weighted by Crippen LogP contribution is 2.26. The molecule has 2 aromatic rings. The lowest BCUT2D eigenvalue weighted by Crippen LogP contribution is -2.23. The van der Waals surface area contributed by atoms with Crippen LogP contribution in [0.5, 0.6) is 5.75 Å². The van der Waals surface area contributed by atoms with Gasteiger partial charge < -0.3 is 14.8 Å². The van der Waals surface area contributed by atoms with Gasteiger partial charge in [-0.2, -0.15) is 0 Å². The van der Waals surface area contributed by atoms with E-state index in [2.05, 4.69) is 10.3 Å². The van der Waals surface area contributed by atoms with Crippen molar-refractivity contribution >= 4 is 39.9 Å². The molecule has 1 saturated heterocycles. The maximum absolute atomic E-state index is 12.1. The van der Waals surface area contributed by atoms with E-state index in [1.165, 1.54) is 18.4 Å². The van der Waals surface area contributed by atoms with Crippen LogP contribution in [0.3, 0.4) is 0 Å². The number of aryl methyl sites for hydroxylation is 1. The summed E-state index contributed by atoms with van der Waals surface area (Å²) in [5.41, 5.74) is 2.00. The minimum Gasteiger partial charge on any atom is -0.495 e. The Bertz CT molecular complexity index is 895. The molecule has 1 aliphatic heterocycles. The summed E-state index contributed by atoms with van der Waals surface area (Å²) in [6.45, 7) is 2.14. The molecule has 1 fully saturated rings. The second-order valence-electron chi connectivity index (χ2n) is 6.36. The van der Waals surface area contributed by atoms with E-state index in [0.717, 1.165) is 12.0 Å². The zero-order chi connectivity index (χ0) is 20.1. The first-order chi connectivity index (χ1) is 13.5. The summed E-state index contributed by atoms with van der Waals surface area (Å²) in [7, 11) is 1.51. The Labute approximate surface area is 166 Å². The van der Waals surface area contributed by atoms with Crippen molar-refractivity contribution in [2.24, 2.45) is 0 Å². The molecule has 1 aliphatic rings. The van der Waals surface area contributed by atoms with Crippen molar-refractivity contribution in [2.45, 2.75) is 26.2 Å². The molecule has 0 saturated carbocycles. The van der Waals surface area contributed by atoms with Crippen LogP contribution >= 0.6 is 11.3 Å². The van der Waals surface area contributed by atoms with Gasteiger partial charge in [0.2, 0.25) is 5.91 Å². The first-order valence-electron chi connectivity index (χ1n) is 8.81. The van der Waals surface area contributed by atoms with Crippen molar-refractivity contribution in [2.75, 3.05) is 30.5 Å². The SMILES string of the molecule is COc1ccc(C)cc1NC(=O)COC(=O)Cc1csc(N2CCCC2=O)n1. The summed E-state index contributed by atoms with van der Waals surface area (Å²) in [5.74, 6) is -0.446. The number of amides is 2. The second kappa shape index (κ2) is 8.83. The fourth-order valence-corrected chi connectivity index (χ4v) is 3.67. The number of benzene rings is 1. The maximum atomic E-state index is 12.1. The van der Waals surface area contributed by atoms with E-state index in [-0.39, 0.29) is 12.3 Å². The van der Waals surface area contributed by atoms with E-state index in [1.54, 1.807) is 22.4 Å². The van der Waals surface area contributed by atoms with Crippen LogP contribution in [0.15, 0.2) is 23.6 Å². The summed E-state index contributed by atoms with van der Waals surface area (Å²) in [6, 6.07) is 5.39. The van der Waals surface area contributed by atoms with Gasteiger partial charge in [0.05, 0.1) is 24.9 Å². The van der Waals surface area contributed by atoms with Crippen LogP contribution in [0.25, 0.3) is 0 Å². The van der Waals surface area contributed by atoms with E-state index in [1.807, 2.05) is 13.0 Å². The molecule has 0 bridgehead atoms. The van der Waals surface area contributed by atoms with Crippen molar-refractivity contribution < 1.29 is 23.9 Å². The minimum absolute atomic E-state index is 0.0479. The molecule has 1 aromatic heterocycles. The summed E-state index contributed by atoms with van der Waals surface area (Å²) < 4.78 is 10.2. The third-order valence-corrected chi connectivity index (χ3v) is 5.08. The summed E-state index contributed by atoms with van der Waals surface area (Å²) in [5, 5.41) is 4.98. The van der Waals surface area contributed by atoms with Gasteiger partial charge in [-0.15, -0.1) is 11.3 Å². The lowest BCUT2D eigenvalue weighted by atomic mass is 10.2. The van der Waals surface area contributed by atoms with Crippen LogP contribution in [-0.2, 0) is 25.5 Å². The molecule has 0 atom stereocenters. The van der Waals surface area contributed by atoms with Crippen molar-refractivity contribution in [3.63, 3.8) is 0 Å². The van der Waals surface area contributed by atoms with Gasteiger partial charge in [0, 0.05) is 18.3 Å². The lowest BCUT2D eigenvalue weighted by molar-refractivity contribution is -0.146. The van der Waals surface area contributed by atoms with Gasteiger partial charge in [0.15, 0.2) is 11.7 Å². The highest BCUT2D eigenvalue weighted by Gasteiger charge is 2.24. The van der Waals surface area contributed by atoms with Gasteiger partial charge in [-0.3, -0.25) is 19.3 Å². The number of nitrogens with one attached hydrogen (secondary N) is 1. The number of carbonyl (C=O) groups is 3. The molecule has 28 heavy (non-hydrogen) atoms. The molecule has 0 aliphatic carbocycles. The van der Waals surface area contributed by atoms with E-state index in [4.69, 9.17) is 9.47 Å². The number of methoxy groups -OCH3 is 1. The number of aromatic nitrogens is 1. The van der Waals surface area contributed by atoms with Gasteiger partial charge in [-0.1, -0.05) is 6.07 Å². The topological polar surface area (TPSA) is 97.8 Å². The molecular weight excluding hydrogens is 382 g/mol. The smallest absolute Gasteiger partial charge is 0.312 e.